The van der Waals surface area contributed by atoms with Gasteiger partial charge in [-0.1, -0.05) is 43.4 Å². The van der Waals surface area contributed by atoms with Gasteiger partial charge in [0, 0.05) is 5.92 Å². The standard InChI is InChI=1S/C17H20N2O3S/c1-5-22-16(21)14-12(4)18-17(23-14)19(15(20)11(2)3)13-9-7-6-8-10-13/h6-11H,5H2,1-4H3. The van der Waals surface area contributed by atoms with Crippen LogP contribution < -0.4 is 4.90 Å². The number of hydrogen-bond donors (Lipinski definition) is 0. The van der Waals surface area contributed by atoms with Crippen LogP contribution in [0.4, 0.5) is 10.8 Å². The Hall–Kier alpha value is -2.21. The fourth-order valence-corrected chi connectivity index (χ4v) is 3.02. The molecule has 0 aliphatic heterocycles. The molecule has 0 fully saturated rings. The number of esters is 1. The number of aromatic nitrogens is 1. The molecule has 23 heavy (non-hydrogen) atoms. The zero-order valence-corrected chi connectivity index (χ0v) is 14.5. The Labute approximate surface area is 139 Å². The number of carbonyl (C=O) groups is 2. The van der Waals surface area contributed by atoms with Gasteiger partial charge in [-0.25, -0.2) is 9.78 Å². The van der Waals surface area contributed by atoms with Gasteiger partial charge in [0.2, 0.25) is 5.91 Å². The van der Waals surface area contributed by atoms with E-state index >= 15 is 0 Å². The van der Waals surface area contributed by atoms with Gasteiger partial charge in [-0.3, -0.25) is 9.69 Å². The maximum atomic E-state index is 12.6. The summed E-state index contributed by atoms with van der Waals surface area (Å²) in [6.45, 7) is 7.48. The van der Waals surface area contributed by atoms with Gasteiger partial charge in [-0.15, -0.1) is 0 Å². The summed E-state index contributed by atoms with van der Waals surface area (Å²) in [5, 5.41) is 0.482. The monoisotopic (exact) mass is 332 g/mol. The minimum Gasteiger partial charge on any atom is -0.462 e. The summed E-state index contributed by atoms with van der Waals surface area (Å²) in [6.07, 6.45) is 0. The molecule has 1 amide bonds. The first kappa shape index (κ1) is 17.1. The molecule has 0 aliphatic rings. The van der Waals surface area contributed by atoms with Crippen molar-refractivity contribution in [2.24, 2.45) is 5.92 Å². The third kappa shape index (κ3) is 3.76. The molecule has 122 valence electrons. The average molecular weight is 332 g/mol. The van der Waals surface area contributed by atoms with Crippen LogP contribution in [-0.4, -0.2) is 23.5 Å². The van der Waals surface area contributed by atoms with E-state index in [9.17, 15) is 9.59 Å². The van der Waals surface area contributed by atoms with Crippen LogP contribution in [0.25, 0.3) is 0 Å². The molecule has 0 atom stereocenters. The minimum absolute atomic E-state index is 0.0691. The van der Waals surface area contributed by atoms with Crippen LogP contribution in [0, 0.1) is 12.8 Å². The van der Waals surface area contributed by atoms with Crippen LogP contribution in [0.1, 0.15) is 36.1 Å². The molecular weight excluding hydrogens is 312 g/mol. The zero-order chi connectivity index (χ0) is 17.0. The molecular formula is C17H20N2O3S. The summed E-state index contributed by atoms with van der Waals surface area (Å²) in [7, 11) is 0. The molecule has 0 N–H and O–H groups in total. The van der Waals surface area contributed by atoms with Gasteiger partial charge in [0.25, 0.3) is 0 Å². The molecule has 0 radical (unpaired) electrons. The van der Waals surface area contributed by atoms with Crippen molar-refractivity contribution in [2.75, 3.05) is 11.5 Å². The first-order valence-electron chi connectivity index (χ1n) is 7.49. The number of thiazole rings is 1. The lowest BCUT2D eigenvalue weighted by Crippen LogP contribution is -2.29. The first-order valence-corrected chi connectivity index (χ1v) is 8.30. The van der Waals surface area contributed by atoms with Gasteiger partial charge >= 0.3 is 5.97 Å². The number of benzene rings is 1. The van der Waals surface area contributed by atoms with Crippen molar-refractivity contribution in [2.45, 2.75) is 27.7 Å². The average Bonchev–Trinajstić information content (AvgIpc) is 2.90. The lowest BCUT2D eigenvalue weighted by Gasteiger charge is -2.21. The number of para-hydroxylation sites is 1. The molecule has 2 rings (SSSR count). The maximum Gasteiger partial charge on any atom is 0.350 e. The van der Waals surface area contributed by atoms with Crippen LogP contribution in [-0.2, 0) is 9.53 Å². The third-order valence-electron chi connectivity index (χ3n) is 3.17. The predicted molar refractivity (Wildman–Crippen MR) is 91.2 cm³/mol. The number of amides is 1. The number of anilines is 2. The molecule has 0 saturated carbocycles. The maximum absolute atomic E-state index is 12.6. The quantitative estimate of drug-likeness (QED) is 0.778. The Morgan fingerprint density at radius 2 is 1.91 bits per heavy atom. The number of ether oxygens (including phenoxy) is 1. The van der Waals surface area contributed by atoms with Crippen molar-refractivity contribution in [3.63, 3.8) is 0 Å². The van der Waals surface area contributed by atoms with Crippen LogP contribution in [0.15, 0.2) is 30.3 Å². The van der Waals surface area contributed by atoms with Gasteiger partial charge in [0.05, 0.1) is 18.0 Å². The van der Waals surface area contributed by atoms with Crippen molar-refractivity contribution in [1.29, 1.82) is 0 Å². The van der Waals surface area contributed by atoms with E-state index < -0.39 is 5.97 Å². The second kappa shape index (κ2) is 7.37. The Balaban J connectivity index is 2.47. The molecule has 0 bridgehead atoms. The van der Waals surface area contributed by atoms with Crippen molar-refractivity contribution in [3.05, 3.63) is 40.9 Å². The van der Waals surface area contributed by atoms with Crippen LogP contribution >= 0.6 is 11.3 Å². The number of carbonyl (C=O) groups excluding carboxylic acids is 2. The fourth-order valence-electron chi connectivity index (χ4n) is 2.03. The summed E-state index contributed by atoms with van der Waals surface area (Å²) < 4.78 is 5.04. The van der Waals surface area contributed by atoms with Gasteiger partial charge in [-0.05, 0) is 26.0 Å². The van der Waals surface area contributed by atoms with E-state index in [1.54, 1.807) is 18.7 Å². The van der Waals surface area contributed by atoms with E-state index in [0.717, 1.165) is 5.69 Å². The summed E-state index contributed by atoms with van der Waals surface area (Å²) in [4.78, 5) is 31.0. The Morgan fingerprint density at radius 1 is 1.26 bits per heavy atom. The SMILES string of the molecule is CCOC(=O)c1sc(N(C(=O)C(C)C)c2ccccc2)nc1C. The number of nitrogens with zero attached hydrogens (tertiary/aromatic N) is 2. The molecule has 2 aromatic rings. The second-order valence-electron chi connectivity index (χ2n) is 5.30. The molecule has 5 nitrogen and oxygen atoms in total. The molecule has 1 heterocycles. The smallest absolute Gasteiger partial charge is 0.350 e. The molecule has 0 saturated heterocycles. The number of hydrogen-bond acceptors (Lipinski definition) is 5. The van der Waals surface area contributed by atoms with Crippen molar-refractivity contribution >= 4 is 34.0 Å². The van der Waals surface area contributed by atoms with Crippen LogP contribution in [0.3, 0.4) is 0 Å². The lowest BCUT2D eigenvalue weighted by atomic mass is 10.2. The van der Waals surface area contributed by atoms with Gasteiger partial charge < -0.3 is 4.74 Å². The van der Waals surface area contributed by atoms with Crippen molar-refractivity contribution < 1.29 is 14.3 Å². The van der Waals surface area contributed by atoms with E-state index in [0.29, 0.717) is 22.3 Å². The van der Waals surface area contributed by atoms with Gasteiger partial charge in [-0.2, -0.15) is 0 Å². The summed E-state index contributed by atoms with van der Waals surface area (Å²) in [5.41, 5.74) is 1.30. The van der Waals surface area contributed by atoms with Crippen molar-refractivity contribution in [1.82, 2.24) is 4.98 Å². The normalized spacial score (nSPS) is 10.7. The van der Waals surface area contributed by atoms with Crippen LogP contribution in [0.5, 0.6) is 0 Å². The first-order chi connectivity index (χ1) is 11.0. The molecule has 1 aromatic carbocycles. The highest BCUT2D eigenvalue weighted by Gasteiger charge is 2.26. The molecule has 6 heteroatoms. The highest BCUT2D eigenvalue weighted by atomic mass is 32.1. The Bertz CT molecular complexity index is 695. The summed E-state index contributed by atoms with van der Waals surface area (Å²) >= 11 is 1.18. The van der Waals surface area contributed by atoms with E-state index in [4.69, 9.17) is 4.74 Å². The van der Waals surface area contributed by atoms with E-state index in [-0.39, 0.29) is 11.8 Å². The Morgan fingerprint density at radius 3 is 2.48 bits per heavy atom. The minimum atomic E-state index is -0.404. The third-order valence-corrected chi connectivity index (χ3v) is 4.29. The van der Waals surface area contributed by atoms with Crippen LogP contribution in [0.2, 0.25) is 0 Å². The molecule has 1 aromatic heterocycles. The van der Waals surface area contributed by atoms with Gasteiger partial charge in [0.15, 0.2) is 5.13 Å². The molecule has 0 aliphatic carbocycles. The molecule has 0 spiro atoms. The molecule has 0 unspecified atom stereocenters. The number of aryl methyl sites for hydroxylation is 1. The number of rotatable bonds is 5. The zero-order valence-electron chi connectivity index (χ0n) is 13.7. The highest BCUT2D eigenvalue weighted by molar-refractivity contribution is 7.17. The second-order valence-corrected chi connectivity index (χ2v) is 6.27. The largest absolute Gasteiger partial charge is 0.462 e. The van der Waals surface area contributed by atoms with Crippen molar-refractivity contribution in [3.8, 4) is 0 Å². The van der Waals surface area contributed by atoms with E-state index in [2.05, 4.69) is 4.98 Å². The Kier molecular flexibility index (Phi) is 5.50. The fraction of sp³-hybridized carbons (Fsp3) is 0.353. The van der Waals surface area contributed by atoms with E-state index in [1.165, 1.54) is 11.3 Å². The summed E-state index contributed by atoms with van der Waals surface area (Å²) in [6, 6.07) is 9.31. The van der Waals surface area contributed by atoms with E-state index in [1.807, 2.05) is 44.2 Å². The summed E-state index contributed by atoms with van der Waals surface area (Å²) in [5.74, 6) is -0.662. The topological polar surface area (TPSA) is 59.5 Å². The highest BCUT2D eigenvalue weighted by Crippen LogP contribution is 2.33. The van der Waals surface area contributed by atoms with Gasteiger partial charge in [0.1, 0.15) is 4.88 Å². The predicted octanol–water partition coefficient (Wildman–Crippen LogP) is 3.95. The lowest BCUT2D eigenvalue weighted by molar-refractivity contribution is -0.120.